The molecule has 0 spiro atoms. The van der Waals surface area contributed by atoms with Crippen molar-refractivity contribution in [3.8, 4) is 5.75 Å². The van der Waals surface area contributed by atoms with Gasteiger partial charge in [0.2, 0.25) is 0 Å². The van der Waals surface area contributed by atoms with Crippen molar-refractivity contribution in [1.82, 2.24) is 0 Å². The molecular weight excluding hydrogens is 256 g/mol. The highest BCUT2D eigenvalue weighted by atomic mass is 79.9. The monoisotopic (exact) mass is 270 g/mol. The van der Waals surface area contributed by atoms with Crippen LogP contribution in [0, 0.1) is 0 Å². The number of alkyl halides is 1. The predicted octanol–water partition coefficient (Wildman–Crippen LogP) is 3.44. The predicted molar refractivity (Wildman–Crippen MR) is 65.0 cm³/mol. The SMILES string of the molecule is CC(=O)c1cccc(OCCCCBr)c1. The van der Waals surface area contributed by atoms with Crippen molar-refractivity contribution in [1.29, 1.82) is 0 Å². The highest BCUT2D eigenvalue weighted by molar-refractivity contribution is 9.09. The second kappa shape index (κ2) is 6.62. The molecule has 1 aromatic rings. The Morgan fingerprint density at radius 1 is 1.40 bits per heavy atom. The molecule has 0 atom stereocenters. The fourth-order valence-corrected chi connectivity index (χ4v) is 1.59. The van der Waals surface area contributed by atoms with Crippen LogP contribution >= 0.6 is 15.9 Å². The molecule has 0 unspecified atom stereocenters. The fourth-order valence-electron chi connectivity index (χ4n) is 1.19. The van der Waals surface area contributed by atoms with Crippen LogP contribution in [0.3, 0.4) is 0 Å². The van der Waals surface area contributed by atoms with Crippen LogP contribution in [-0.2, 0) is 0 Å². The topological polar surface area (TPSA) is 26.3 Å². The summed E-state index contributed by atoms with van der Waals surface area (Å²) < 4.78 is 5.53. The normalized spacial score (nSPS) is 10.0. The summed E-state index contributed by atoms with van der Waals surface area (Å²) in [5, 5.41) is 1.00. The van der Waals surface area contributed by atoms with E-state index in [2.05, 4.69) is 15.9 Å². The Morgan fingerprint density at radius 3 is 2.87 bits per heavy atom. The highest BCUT2D eigenvalue weighted by Gasteiger charge is 2.00. The molecule has 0 fully saturated rings. The Hall–Kier alpha value is -0.830. The van der Waals surface area contributed by atoms with Gasteiger partial charge in [0.25, 0.3) is 0 Å². The number of hydrogen-bond acceptors (Lipinski definition) is 2. The van der Waals surface area contributed by atoms with E-state index in [-0.39, 0.29) is 5.78 Å². The van der Waals surface area contributed by atoms with Gasteiger partial charge in [-0.15, -0.1) is 0 Å². The van der Waals surface area contributed by atoms with Crippen LogP contribution in [0.5, 0.6) is 5.75 Å². The number of rotatable bonds is 6. The van der Waals surface area contributed by atoms with Crippen molar-refractivity contribution in [3.05, 3.63) is 29.8 Å². The van der Waals surface area contributed by atoms with E-state index in [4.69, 9.17) is 4.74 Å². The lowest BCUT2D eigenvalue weighted by Gasteiger charge is -2.06. The molecule has 0 saturated heterocycles. The van der Waals surface area contributed by atoms with Crippen molar-refractivity contribution in [2.75, 3.05) is 11.9 Å². The highest BCUT2D eigenvalue weighted by Crippen LogP contribution is 2.14. The Morgan fingerprint density at radius 2 is 2.20 bits per heavy atom. The largest absolute Gasteiger partial charge is 0.494 e. The summed E-state index contributed by atoms with van der Waals surface area (Å²) in [6.07, 6.45) is 2.13. The summed E-state index contributed by atoms with van der Waals surface area (Å²) in [5.74, 6) is 0.846. The molecule has 0 amide bonds. The van der Waals surface area contributed by atoms with Gasteiger partial charge in [-0.1, -0.05) is 28.1 Å². The van der Waals surface area contributed by atoms with E-state index in [0.717, 1.165) is 23.9 Å². The van der Waals surface area contributed by atoms with Crippen molar-refractivity contribution in [2.45, 2.75) is 19.8 Å². The molecule has 82 valence electrons. The minimum atomic E-state index is 0.0703. The Balaban J connectivity index is 2.47. The first-order valence-electron chi connectivity index (χ1n) is 5.04. The quantitative estimate of drug-likeness (QED) is 0.450. The Kier molecular flexibility index (Phi) is 5.40. The molecule has 3 heteroatoms. The third-order valence-corrected chi connectivity index (χ3v) is 2.60. The molecule has 1 aromatic carbocycles. The number of unbranched alkanes of at least 4 members (excludes halogenated alkanes) is 1. The van der Waals surface area contributed by atoms with Gasteiger partial charge in [0, 0.05) is 10.9 Å². The minimum absolute atomic E-state index is 0.0703. The zero-order valence-corrected chi connectivity index (χ0v) is 10.4. The number of ketones is 1. The lowest BCUT2D eigenvalue weighted by atomic mass is 10.1. The van der Waals surface area contributed by atoms with Crippen LogP contribution in [0.15, 0.2) is 24.3 Å². The summed E-state index contributed by atoms with van der Waals surface area (Å²) in [7, 11) is 0. The van der Waals surface area contributed by atoms with E-state index in [9.17, 15) is 4.79 Å². The zero-order valence-electron chi connectivity index (χ0n) is 8.83. The lowest BCUT2D eigenvalue weighted by Crippen LogP contribution is -1.99. The number of carbonyl (C=O) groups excluding carboxylic acids is 1. The standard InChI is InChI=1S/C12H15BrO2/c1-10(14)11-5-4-6-12(9-11)15-8-3-2-7-13/h4-6,9H,2-3,7-8H2,1H3. The molecule has 15 heavy (non-hydrogen) atoms. The third-order valence-electron chi connectivity index (χ3n) is 2.04. The number of hydrogen-bond donors (Lipinski definition) is 0. The zero-order chi connectivity index (χ0) is 11.1. The summed E-state index contributed by atoms with van der Waals surface area (Å²) >= 11 is 3.37. The molecule has 2 nitrogen and oxygen atoms in total. The number of carbonyl (C=O) groups is 1. The van der Waals surface area contributed by atoms with E-state index in [0.29, 0.717) is 12.2 Å². The first-order chi connectivity index (χ1) is 7.24. The van der Waals surface area contributed by atoms with Crippen molar-refractivity contribution in [2.24, 2.45) is 0 Å². The van der Waals surface area contributed by atoms with Crippen LogP contribution in [0.1, 0.15) is 30.1 Å². The van der Waals surface area contributed by atoms with E-state index in [1.807, 2.05) is 12.1 Å². The molecular formula is C12H15BrO2. The number of ether oxygens (including phenoxy) is 1. The molecule has 0 aromatic heterocycles. The molecule has 0 saturated carbocycles. The molecule has 0 heterocycles. The first kappa shape index (κ1) is 12.2. The van der Waals surface area contributed by atoms with E-state index >= 15 is 0 Å². The Labute approximate surface area is 98.8 Å². The van der Waals surface area contributed by atoms with Gasteiger partial charge in [0.15, 0.2) is 5.78 Å². The van der Waals surface area contributed by atoms with Crippen LogP contribution in [0.2, 0.25) is 0 Å². The molecule has 1 rings (SSSR count). The van der Waals surface area contributed by atoms with Crippen LogP contribution in [0.4, 0.5) is 0 Å². The van der Waals surface area contributed by atoms with Crippen LogP contribution in [0.25, 0.3) is 0 Å². The maximum atomic E-state index is 11.1. The third kappa shape index (κ3) is 4.47. The van der Waals surface area contributed by atoms with Gasteiger partial charge in [0.1, 0.15) is 5.75 Å². The van der Waals surface area contributed by atoms with E-state index in [1.165, 1.54) is 0 Å². The van der Waals surface area contributed by atoms with Gasteiger partial charge in [-0.05, 0) is 31.9 Å². The molecule has 0 bridgehead atoms. The van der Waals surface area contributed by atoms with Gasteiger partial charge >= 0.3 is 0 Å². The second-order valence-corrected chi connectivity index (χ2v) is 4.12. The van der Waals surface area contributed by atoms with E-state index < -0.39 is 0 Å². The number of Topliss-reactive ketones (excluding diaryl/α,β-unsaturated/α-hetero) is 1. The first-order valence-corrected chi connectivity index (χ1v) is 6.16. The minimum Gasteiger partial charge on any atom is -0.494 e. The molecule has 0 radical (unpaired) electrons. The molecule has 0 aliphatic heterocycles. The molecule has 0 aliphatic rings. The second-order valence-electron chi connectivity index (χ2n) is 3.33. The summed E-state index contributed by atoms with van der Waals surface area (Å²) in [5.41, 5.74) is 0.702. The summed E-state index contributed by atoms with van der Waals surface area (Å²) in [6.45, 7) is 2.26. The summed E-state index contributed by atoms with van der Waals surface area (Å²) in [6, 6.07) is 7.31. The van der Waals surface area contributed by atoms with Crippen molar-refractivity contribution >= 4 is 21.7 Å². The lowest BCUT2D eigenvalue weighted by molar-refractivity contribution is 0.101. The van der Waals surface area contributed by atoms with Crippen LogP contribution < -0.4 is 4.74 Å². The maximum Gasteiger partial charge on any atom is 0.159 e. The Bertz CT molecular complexity index is 323. The van der Waals surface area contributed by atoms with Crippen molar-refractivity contribution in [3.63, 3.8) is 0 Å². The molecule has 0 aliphatic carbocycles. The van der Waals surface area contributed by atoms with E-state index in [1.54, 1.807) is 19.1 Å². The van der Waals surface area contributed by atoms with Gasteiger partial charge in [-0.2, -0.15) is 0 Å². The average Bonchev–Trinajstić information content (AvgIpc) is 2.25. The van der Waals surface area contributed by atoms with Gasteiger partial charge < -0.3 is 4.74 Å². The average molecular weight is 271 g/mol. The van der Waals surface area contributed by atoms with Gasteiger partial charge in [-0.3, -0.25) is 4.79 Å². The van der Waals surface area contributed by atoms with Crippen LogP contribution in [-0.4, -0.2) is 17.7 Å². The summed E-state index contributed by atoms with van der Waals surface area (Å²) in [4.78, 5) is 11.1. The van der Waals surface area contributed by atoms with Gasteiger partial charge in [-0.25, -0.2) is 0 Å². The van der Waals surface area contributed by atoms with Gasteiger partial charge in [0.05, 0.1) is 6.61 Å². The maximum absolute atomic E-state index is 11.1. The molecule has 0 N–H and O–H groups in total. The number of benzene rings is 1. The van der Waals surface area contributed by atoms with Crippen molar-refractivity contribution < 1.29 is 9.53 Å². The fraction of sp³-hybridized carbons (Fsp3) is 0.417. The smallest absolute Gasteiger partial charge is 0.159 e. The number of halogens is 1.